The Labute approximate surface area is 108 Å². The Balaban J connectivity index is 2.88. The predicted octanol–water partition coefficient (Wildman–Crippen LogP) is 3.22. The molecule has 0 aliphatic rings. The Hall–Kier alpha value is -0.660. The molecule has 7 heteroatoms. The first kappa shape index (κ1) is 15.4. The summed E-state index contributed by atoms with van der Waals surface area (Å²) >= 11 is 0.578. The average Bonchev–Trinajstić information content (AvgIpc) is 2.73. The average molecular weight is 282 g/mol. The van der Waals surface area contributed by atoms with Crippen LogP contribution in [-0.2, 0) is 10.9 Å². The highest BCUT2D eigenvalue weighted by Crippen LogP contribution is 2.35. The van der Waals surface area contributed by atoms with Gasteiger partial charge in [0.05, 0.1) is 12.1 Å². The second kappa shape index (κ2) is 5.99. The van der Waals surface area contributed by atoms with Crippen LogP contribution in [0.3, 0.4) is 0 Å². The lowest BCUT2D eigenvalue weighted by Crippen LogP contribution is -2.32. The van der Waals surface area contributed by atoms with Gasteiger partial charge >= 0.3 is 6.18 Å². The van der Waals surface area contributed by atoms with Gasteiger partial charge in [0.1, 0.15) is 0 Å². The quantitative estimate of drug-likeness (QED) is 0.902. The van der Waals surface area contributed by atoms with Crippen molar-refractivity contribution in [3.05, 3.63) is 16.1 Å². The number of halogens is 3. The Bertz CT molecular complexity index is 379. The molecule has 1 aromatic heterocycles. The third kappa shape index (κ3) is 3.66. The zero-order chi connectivity index (χ0) is 13.9. The summed E-state index contributed by atoms with van der Waals surface area (Å²) in [5, 5.41) is -0.869. The lowest BCUT2D eigenvalue weighted by atomic mass is 9.99. The topological polar surface area (TPSA) is 48.1 Å². The summed E-state index contributed by atoms with van der Waals surface area (Å²) in [6.45, 7) is 6.15. The van der Waals surface area contributed by atoms with Crippen molar-refractivity contribution in [2.45, 2.75) is 39.1 Å². The number of alkyl halides is 3. The second-order valence-electron chi connectivity index (χ2n) is 4.26. The van der Waals surface area contributed by atoms with Crippen LogP contribution in [0, 0.1) is 5.92 Å². The van der Waals surface area contributed by atoms with Gasteiger partial charge in [-0.3, -0.25) is 0 Å². The molecule has 18 heavy (non-hydrogen) atoms. The van der Waals surface area contributed by atoms with E-state index in [-0.39, 0.29) is 12.0 Å². The molecule has 2 unspecified atom stereocenters. The monoisotopic (exact) mass is 282 g/mol. The van der Waals surface area contributed by atoms with E-state index in [1.54, 1.807) is 0 Å². The minimum atomic E-state index is -4.42. The Morgan fingerprint density at radius 2 is 2.06 bits per heavy atom. The Morgan fingerprint density at radius 3 is 2.44 bits per heavy atom. The number of nitrogens with zero attached hydrogens (tertiary/aromatic N) is 1. The van der Waals surface area contributed by atoms with E-state index in [2.05, 4.69) is 4.98 Å². The minimum absolute atomic E-state index is 0.122. The zero-order valence-corrected chi connectivity index (χ0v) is 11.3. The van der Waals surface area contributed by atoms with E-state index in [1.165, 1.54) is 6.20 Å². The number of thiazole rings is 1. The summed E-state index contributed by atoms with van der Waals surface area (Å²) in [5.41, 5.74) is 5.96. The van der Waals surface area contributed by atoms with Gasteiger partial charge in [0, 0.05) is 17.7 Å². The molecule has 0 bridgehead atoms. The molecule has 0 aliphatic carbocycles. The molecular formula is C11H17F3N2OS. The van der Waals surface area contributed by atoms with Crippen molar-refractivity contribution in [1.29, 1.82) is 0 Å². The molecule has 1 rings (SSSR count). The van der Waals surface area contributed by atoms with E-state index < -0.39 is 17.2 Å². The van der Waals surface area contributed by atoms with E-state index in [4.69, 9.17) is 10.5 Å². The highest BCUT2D eigenvalue weighted by Gasteiger charge is 2.36. The number of hydrogen-bond donors (Lipinski definition) is 1. The molecule has 3 nitrogen and oxygen atoms in total. The number of nitrogens with two attached hydrogens (primary N) is 1. The van der Waals surface area contributed by atoms with Crippen molar-refractivity contribution in [2.24, 2.45) is 11.7 Å². The van der Waals surface area contributed by atoms with Gasteiger partial charge in [0.15, 0.2) is 5.01 Å². The maximum absolute atomic E-state index is 12.4. The number of ether oxygens (including phenoxy) is 1. The first-order valence-electron chi connectivity index (χ1n) is 5.67. The molecule has 0 fully saturated rings. The fourth-order valence-electron chi connectivity index (χ4n) is 1.64. The standard InChI is InChI=1S/C11H17F3N2OS/c1-4-17-9(6(2)3)8(15)7-5-16-10(18-7)11(12,13)14/h5-6,8-9H,4,15H2,1-3H3. The summed E-state index contributed by atoms with van der Waals surface area (Å²) < 4.78 is 42.8. The lowest BCUT2D eigenvalue weighted by Gasteiger charge is -2.26. The first-order valence-corrected chi connectivity index (χ1v) is 6.49. The van der Waals surface area contributed by atoms with Crippen molar-refractivity contribution in [3.63, 3.8) is 0 Å². The molecule has 0 saturated heterocycles. The third-order valence-corrected chi connectivity index (χ3v) is 3.61. The Morgan fingerprint density at radius 1 is 1.44 bits per heavy atom. The number of rotatable bonds is 5. The van der Waals surface area contributed by atoms with Crippen LogP contribution in [0.5, 0.6) is 0 Å². The van der Waals surface area contributed by atoms with Gasteiger partial charge in [-0.1, -0.05) is 13.8 Å². The summed E-state index contributed by atoms with van der Waals surface area (Å²) in [6, 6.07) is -0.585. The van der Waals surface area contributed by atoms with Crippen molar-refractivity contribution in [1.82, 2.24) is 4.98 Å². The van der Waals surface area contributed by atoms with E-state index in [0.717, 1.165) is 0 Å². The van der Waals surface area contributed by atoms with Crippen LogP contribution in [-0.4, -0.2) is 17.7 Å². The van der Waals surface area contributed by atoms with Crippen LogP contribution in [0.15, 0.2) is 6.20 Å². The summed E-state index contributed by atoms with van der Waals surface area (Å²) in [6.07, 6.45) is -3.54. The van der Waals surface area contributed by atoms with Crippen LogP contribution >= 0.6 is 11.3 Å². The molecule has 0 aromatic carbocycles. The molecule has 1 heterocycles. The van der Waals surface area contributed by atoms with Gasteiger partial charge in [-0.2, -0.15) is 13.2 Å². The maximum Gasteiger partial charge on any atom is 0.443 e. The number of aromatic nitrogens is 1. The lowest BCUT2D eigenvalue weighted by molar-refractivity contribution is -0.137. The highest BCUT2D eigenvalue weighted by molar-refractivity contribution is 7.11. The summed E-state index contributed by atoms with van der Waals surface area (Å²) in [5.74, 6) is 0.122. The summed E-state index contributed by atoms with van der Waals surface area (Å²) in [4.78, 5) is 3.77. The molecule has 1 aromatic rings. The molecule has 0 radical (unpaired) electrons. The largest absolute Gasteiger partial charge is 0.443 e. The van der Waals surface area contributed by atoms with Crippen molar-refractivity contribution in [2.75, 3.05) is 6.61 Å². The fourth-order valence-corrected chi connectivity index (χ4v) is 2.46. The van der Waals surface area contributed by atoms with E-state index in [9.17, 15) is 13.2 Å². The normalized spacial score (nSPS) is 16.0. The van der Waals surface area contributed by atoms with Crippen molar-refractivity contribution < 1.29 is 17.9 Å². The van der Waals surface area contributed by atoms with Gasteiger partial charge in [0.25, 0.3) is 0 Å². The zero-order valence-electron chi connectivity index (χ0n) is 10.5. The minimum Gasteiger partial charge on any atom is -0.376 e. The molecule has 2 N–H and O–H groups in total. The maximum atomic E-state index is 12.4. The van der Waals surface area contributed by atoms with Crippen LogP contribution < -0.4 is 5.73 Å². The van der Waals surface area contributed by atoms with E-state index in [1.807, 2.05) is 20.8 Å². The smallest absolute Gasteiger partial charge is 0.376 e. The van der Waals surface area contributed by atoms with Crippen LogP contribution in [0.1, 0.15) is 36.7 Å². The first-order chi connectivity index (χ1) is 8.27. The molecule has 0 spiro atoms. The van der Waals surface area contributed by atoms with Crippen LogP contribution in [0.2, 0.25) is 0 Å². The molecule has 104 valence electrons. The highest BCUT2D eigenvalue weighted by atomic mass is 32.1. The SMILES string of the molecule is CCOC(C(C)C)C(N)c1cnc(C(F)(F)F)s1. The van der Waals surface area contributed by atoms with Crippen molar-refractivity contribution >= 4 is 11.3 Å². The van der Waals surface area contributed by atoms with Gasteiger partial charge in [0.2, 0.25) is 0 Å². The Kier molecular flexibility index (Phi) is 5.12. The van der Waals surface area contributed by atoms with E-state index >= 15 is 0 Å². The van der Waals surface area contributed by atoms with Gasteiger partial charge < -0.3 is 10.5 Å². The van der Waals surface area contributed by atoms with Gasteiger partial charge in [-0.05, 0) is 12.8 Å². The van der Waals surface area contributed by atoms with Gasteiger partial charge in [-0.25, -0.2) is 4.98 Å². The molecule has 2 atom stereocenters. The third-order valence-electron chi connectivity index (χ3n) is 2.46. The molecule has 0 saturated carbocycles. The summed E-state index contributed by atoms with van der Waals surface area (Å²) in [7, 11) is 0. The van der Waals surface area contributed by atoms with Crippen LogP contribution in [0.4, 0.5) is 13.2 Å². The molecule has 0 aliphatic heterocycles. The molecule has 0 amide bonds. The second-order valence-corrected chi connectivity index (χ2v) is 5.32. The molecular weight excluding hydrogens is 265 g/mol. The fraction of sp³-hybridized carbons (Fsp3) is 0.727. The van der Waals surface area contributed by atoms with Crippen molar-refractivity contribution in [3.8, 4) is 0 Å². The van der Waals surface area contributed by atoms with Crippen LogP contribution in [0.25, 0.3) is 0 Å². The van der Waals surface area contributed by atoms with E-state index in [0.29, 0.717) is 22.8 Å². The van der Waals surface area contributed by atoms with Gasteiger partial charge in [-0.15, -0.1) is 11.3 Å². The predicted molar refractivity (Wildman–Crippen MR) is 64.3 cm³/mol. The number of hydrogen-bond acceptors (Lipinski definition) is 4.